The molecule has 0 aromatic heterocycles. The van der Waals surface area contributed by atoms with E-state index in [9.17, 15) is 5.11 Å². The van der Waals surface area contributed by atoms with Crippen molar-refractivity contribution in [2.45, 2.75) is 66.3 Å². The number of nitrogens with one attached hydrogen (secondary N) is 1. The van der Waals surface area contributed by atoms with E-state index >= 15 is 0 Å². The average Bonchev–Trinajstić information content (AvgIpc) is 2.29. The number of hydrogen-bond donors (Lipinski definition) is 2. The summed E-state index contributed by atoms with van der Waals surface area (Å²) in [5.74, 6) is 2.23. The highest BCUT2D eigenvalue weighted by Gasteiger charge is 2.29. The average molecular weight is 255 g/mol. The largest absolute Gasteiger partial charge is 0.395 e. The van der Waals surface area contributed by atoms with E-state index in [2.05, 4.69) is 39.9 Å². The Morgan fingerprint density at radius 1 is 1.11 bits per heavy atom. The highest BCUT2D eigenvalue weighted by Crippen LogP contribution is 2.39. The second kappa shape index (κ2) is 6.91. The minimum atomic E-state index is 0.259. The zero-order valence-electron chi connectivity index (χ0n) is 13.0. The Bertz CT molecular complexity index is 224. The molecule has 2 heteroatoms. The van der Waals surface area contributed by atoms with Crippen molar-refractivity contribution >= 4 is 0 Å². The van der Waals surface area contributed by atoms with E-state index in [1.54, 1.807) is 0 Å². The summed E-state index contributed by atoms with van der Waals surface area (Å²) in [6, 6.07) is 0.269. The first-order valence-corrected chi connectivity index (χ1v) is 7.68. The Morgan fingerprint density at radius 3 is 2.06 bits per heavy atom. The van der Waals surface area contributed by atoms with Gasteiger partial charge in [0.1, 0.15) is 0 Å². The second-order valence-electron chi connectivity index (χ2n) is 7.53. The van der Waals surface area contributed by atoms with Crippen molar-refractivity contribution in [1.29, 1.82) is 0 Å². The molecule has 1 aliphatic carbocycles. The van der Waals surface area contributed by atoms with Gasteiger partial charge in [0.05, 0.1) is 6.61 Å². The maximum Gasteiger partial charge on any atom is 0.0587 e. The van der Waals surface area contributed by atoms with Gasteiger partial charge in [0.15, 0.2) is 0 Å². The summed E-state index contributed by atoms with van der Waals surface area (Å²) in [6.45, 7) is 12.8. The van der Waals surface area contributed by atoms with Gasteiger partial charge >= 0.3 is 0 Å². The lowest BCUT2D eigenvalue weighted by molar-refractivity contribution is 0.141. The van der Waals surface area contributed by atoms with Crippen LogP contribution in [0.2, 0.25) is 0 Å². The Labute approximate surface area is 114 Å². The minimum absolute atomic E-state index is 0.259. The molecule has 18 heavy (non-hydrogen) atoms. The molecule has 0 aromatic rings. The van der Waals surface area contributed by atoms with Crippen molar-refractivity contribution in [2.24, 2.45) is 23.2 Å². The van der Waals surface area contributed by atoms with Crippen molar-refractivity contribution in [3.05, 3.63) is 0 Å². The third kappa shape index (κ3) is 4.89. The predicted molar refractivity (Wildman–Crippen MR) is 78.6 cm³/mol. The van der Waals surface area contributed by atoms with E-state index < -0.39 is 0 Å². The van der Waals surface area contributed by atoms with E-state index in [1.807, 2.05) is 0 Å². The molecular formula is C16H33NO. The summed E-state index contributed by atoms with van der Waals surface area (Å²) in [5, 5.41) is 12.9. The van der Waals surface area contributed by atoms with Crippen molar-refractivity contribution in [3.63, 3.8) is 0 Å². The standard InChI is InChI=1S/C16H33NO/c1-12(2)15(11-18)17-10-13-6-8-14(9-7-13)16(3,4)5/h12-15,17-18H,6-11H2,1-5H3/t13?,14?,15-/m1/s1. The number of aliphatic hydroxyl groups excluding tert-OH is 1. The van der Waals surface area contributed by atoms with Gasteiger partial charge in [-0.05, 0) is 55.4 Å². The van der Waals surface area contributed by atoms with Gasteiger partial charge in [0.25, 0.3) is 0 Å². The SMILES string of the molecule is CC(C)[C@@H](CO)NCC1CCC(C(C)(C)C)CC1. The summed E-state index contributed by atoms with van der Waals surface area (Å²) in [5.41, 5.74) is 0.476. The van der Waals surface area contributed by atoms with E-state index in [0.717, 1.165) is 18.4 Å². The normalized spacial score (nSPS) is 27.5. The van der Waals surface area contributed by atoms with Gasteiger partial charge < -0.3 is 10.4 Å². The number of hydrogen-bond acceptors (Lipinski definition) is 2. The Balaban J connectivity index is 2.27. The first kappa shape index (κ1) is 16.0. The molecule has 1 atom stereocenters. The molecule has 1 saturated carbocycles. The second-order valence-corrected chi connectivity index (χ2v) is 7.53. The predicted octanol–water partition coefficient (Wildman–Crippen LogP) is 3.45. The maximum absolute atomic E-state index is 9.31. The molecular weight excluding hydrogens is 222 g/mol. The molecule has 1 rings (SSSR count). The summed E-state index contributed by atoms with van der Waals surface area (Å²) < 4.78 is 0. The van der Waals surface area contributed by atoms with Crippen LogP contribution in [0.3, 0.4) is 0 Å². The molecule has 0 amide bonds. The fourth-order valence-corrected chi connectivity index (χ4v) is 3.06. The lowest BCUT2D eigenvalue weighted by Gasteiger charge is -2.37. The highest BCUT2D eigenvalue weighted by atomic mass is 16.3. The molecule has 0 spiro atoms. The van der Waals surface area contributed by atoms with Crippen LogP contribution in [0.4, 0.5) is 0 Å². The molecule has 2 nitrogen and oxygen atoms in total. The minimum Gasteiger partial charge on any atom is -0.395 e. The summed E-state index contributed by atoms with van der Waals surface area (Å²) in [7, 11) is 0. The third-order valence-electron chi connectivity index (χ3n) is 4.74. The molecule has 2 N–H and O–H groups in total. The Kier molecular flexibility index (Phi) is 6.13. The molecule has 1 fully saturated rings. The Morgan fingerprint density at radius 2 is 1.67 bits per heavy atom. The van der Waals surface area contributed by atoms with Gasteiger partial charge in [0, 0.05) is 6.04 Å². The van der Waals surface area contributed by atoms with Crippen molar-refractivity contribution in [3.8, 4) is 0 Å². The monoisotopic (exact) mass is 255 g/mol. The zero-order chi connectivity index (χ0) is 13.8. The van der Waals surface area contributed by atoms with Crippen molar-refractivity contribution in [2.75, 3.05) is 13.2 Å². The van der Waals surface area contributed by atoms with Gasteiger partial charge in [-0.25, -0.2) is 0 Å². The topological polar surface area (TPSA) is 32.3 Å². The van der Waals surface area contributed by atoms with Crippen LogP contribution in [0.5, 0.6) is 0 Å². The van der Waals surface area contributed by atoms with Gasteiger partial charge in [-0.3, -0.25) is 0 Å². The van der Waals surface area contributed by atoms with Crippen LogP contribution >= 0.6 is 0 Å². The number of rotatable bonds is 5. The third-order valence-corrected chi connectivity index (χ3v) is 4.74. The van der Waals surface area contributed by atoms with Crippen molar-refractivity contribution in [1.82, 2.24) is 5.32 Å². The van der Waals surface area contributed by atoms with Crippen LogP contribution < -0.4 is 5.32 Å². The van der Waals surface area contributed by atoms with Gasteiger partial charge in [-0.1, -0.05) is 34.6 Å². The molecule has 0 unspecified atom stereocenters. The molecule has 1 aliphatic rings. The van der Waals surface area contributed by atoms with Crippen LogP contribution in [-0.2, 0) is 0 Å². The van der Waals surface area contributed by atoms with E-state index in [1.165, 1.54) is 25.7 Å². The quantitative estimate of drug-likeness (QED) is 0.788. The highest BCUT2D eigenvalue weighted by molar-refractivity contribution is 4.82. The van der Waals surface area contributed by atoms with Gasteiger partial charge in [-0.2, -0.15) is 0 Å². The molecule has 0 radical (unpaired) electrons. The number of aliphatic hydroxyl groups is 1. The van der Waals surface area contributed by atoms with Crippen LogP contribution in [0.15, 0.2) is 0 Å². The van der Waals surface area contributed by atoms with Crippen LogP contribution in [0, 0.1) is 23.2 Å². The van der Waals surface area contributed by atoms with E-state index in [0.29, 0.717) is 11.3 Å². The first-order chi connectivity index (χ1) is 8.34. The molecule has 0 saturated heterocycles. The molecule has 108 valence electrons. The maximum atomic E-state index is 9.31. The lowest BCUT2D eigenvalue weighted by atomic mass is 9.70. The van der Waals surface area contributed by atoms with Crippen molar-refractivity contribution < 1.29 is 5.11 Å². The van der Waals surface area contributed by atoms with Gasteiger partial charge in [0.2, 0.25) is 0 Å². The molecule has 0 aliphatic heterocycles. The summed E-state index contributed by atoms with van der Waals surface area (Å²) >= 11 is 0. The zero-order valence-corrected chi connectivity index (χ0v) is 13.0. The molecule has 0 heterocycles. The van der Waals surface area contributed by atoms with Crippen LogP contribution in [0.1, 0.15) is 60.3 Å². The molecule has 0 aromatic carbocycles. The smallest absolute Gasteiger partial charge is 0.0587 e. The fourth-order valence-electron chi connectivity index (χ4n) is 3.06. The first-order valence-electron chi connectivity index (χ1n) is 7.68. The lowest BCUT2D eigenvalue weighted by Crippen LogP contribution is -2.41. The summed E-state index contributed by atoms with van der Waals surface area (Å²) in [4.78, 5) is 0. The van der Waals surface area contributed by atoms with E-state index in [-0.39, 0.29) is 12.6 Å². The van der Waals surface area contributed by atoms with E-state index in [4.69, 9.17) is 0 Å². The summed E-state index contributed by atoms with van der Waals surface area (Å²) in [6.07, 6.45) is 5.46. The van der Waals surface area contributed by atoms with Gasteiger partial charge in [-0.15, -0.1) is 0 Å². The fraction of sp³-hybridized carbons (Fsp3) is 1.00. The Hall–Kier alpha value is -0.0800. The van der Waals surface area contributed by atoms with Crippen LogP contribution in [-0.4, -0.2) is 24.3 Å². The molecule has 0 bridgehead atoms. The van der Waals surface area contributed by atoms with Crippen LogP contribution in [0.25, 0.3) is 0 Å².